The molecule has 0 radical (unpaired) electrons. The maximum atomic E-state index is 11.4. The van der Waals surface area contributed by atoms with Crippen molar-refractivity contribution in [3.63, 3.8) is 0 Å². The quantitative estimate of drug-likeness (QED) is 0.512. The van der Waals surface area contributed by atoms with Gasteiger partial charge < -0.3 is 0 Å². The van der Waals surface area contributed by atoms with E-state index in [0.717, 1.165) is 6.08 Å². The van der Waals surface area contributed by atoms with Crippen LogP contribution in [0.4, 0.5) is 13.2 Å². The molecule has 0 nitrogen and oxygen atoms in total. The third-order valence-corrected chi connectivity index (χ3v) is 0.716. The van der Waals surface area contributed by atoms with Gasteiger partial charge in [0.2, 0.25) is 0 Å². The van der Waals surface area contributed by atoms with Crippen LogP contribution in [0, 0.1) is 0 Å². The van der Waals surface area contributed by atoms with E-state index < -0.39 is 12.6 Å². The van der Waals surface area contributed by atoms with Gasteiger partial charge in [0.15, 0.2) is 0 Å². The van der Waals surface area contributed by atoms with Crippen molar-refractivity contribution < 1.29 is 13.2 Å². The third kappa shape index (κ3) is 5.14. The van der Waals surface area contributed by atoms with Gasteiger partial charge in [-0.05, 0) is 5.57 Å². The predicted molar refractivity (Wildman–Crippen MR) is 30.0 cm³/mol. The standard InChI is InChI=1S/C6H7F3/c1-3-5(2)4-6(7,8)9/h3H,1-2,4H2. The van der Waals surface area contributed by atoms with Gasteiger partial charge in [0, 0.05) is 0 Å². The fraction of sp³-hybridized carbons (Fsp3) is 0.333. The molecule has 9 heavy (non-hydrogen) atoms. The Morgan fingerprint density at radius 1 is 1.44 bits per heavy atom. The summed E-state index contributed by atoms with van der Waals surface area (Å²) in [4.78, 5) is 0. The molecule has 0 amide bonds. The van der Waals surface area contributed by atoms with E-state index in [1.54, 1.807) is 0 Å². The Hall–Kier alpha value is -0.730. The molecular formula is C6H7F3. The highest BCUT2D eigenvalue weighted by molar-refractivity contribution is 5.11. The molecule has 52 valence electrons. The first kappa shape index (κ1) is 8.27. The Labute approximate surface area is 51.7 Å². The Balaban J connectivity index is 3.74. The van der Waals surface area contributed by atoms with Crippen LogP contribution in [0.15, 0.2) is 24.8 Å². The Morgan fingerprint density at radius 2 is 1.89 bits per heavy atom. The molecular weight excluding hydrogens is 129 g/mol. The second-order valence-corrected chi connectivity index (χ2v) is 1.65. The topological polar surface area (TPSA) is 0 Å². The van der Waals surface area contributed by atoms with Crippen LogP contribution in [0.25, 0.3) is 0 Å². The van der Waals surface area contributed by atoms with Gasteiger partial charge in [-0.3, -0.25) is 0 Å². The van der Waals surface area contributed by atoms with Crippen LogP contribution in [-0.4, -0.2) is 6.18 Å². The summed E-state index contributed by atoms with van der Waals surface area (Å²) in [5, 5.41) is 0. The van der Waals surface area contributed by atoms with Gasteiger partial charge in [-0.15, -0.1) is 0 Å². The van der Waals surface area contributed by atoms with Gasteiger partial charge in [0.1, 0.15) is 0 Å². The van der Waals surface area contributed by atoms with Gasteiger partial charge in [0.25, 0.3) is 0 Å². The molecule has 0 N–H and O–H groups in total. The van der Waals surface area contributed by atoms with Crippen molar-refractivity contribution in [3.05, 3.63) is 24.8 Å². The van der Waals surface area contributed by atoms with Crippen molar-refractivity contribution in [1.82, 2.24) is 0 Å². The summed E-state index contributed by atoms with van der Waals surface area (Å²) in [6.45, 7) is 6.27. The number of rotatable bonds is 2. The van der Waals surface area contributed by atoms with E-state index in [0.29, 0.717) is 0 Å². The van der Waals surface area contributed by atoms with E-state index in [2.05, 4.69) is 13.2 Å². The largest absolute Gasteiger partial charge is 0.393 e. The van der Waals surface area contributed by atoms with Crippen LogP contribution in [0.2, 0.25) is 0 Å². The first-order chi connectivity index (χ1) is 3.95. The second kappa shape index (κ2) is 2.71. The van der Waals surface area contributed by atoms with E-state index in [9.17, 15) is 13.2 Å². The summed E-state index contributed by atoms with van der Waals surface area (Å²) in [5.41, 5.74) is 0.00231. The molecule has 0 unspecified atom stereocenters. The van der Waals surface area contributed by atoms with Gasteiger partial charge in [-0.2, -0.15) is 13.2 Å². The lowest BCUT2D eigenvalue weighted by Gasteiger charge is -2.03. The highest BCUT2D eigenvalue weighted by Crippen LogP contribution is 2.23. The number of allylic oxidation sites excluding steroid dienone is 2. The third-order valence-electron chi connectivity index (χ3n) is 0.716. The molecule has 3 heteroatoms. The van der Waals surface area contributed by atoms with Gasteiger partial charge >= 0.3 is 6.18 Å². The minimum Gasteiger partial charge on any atom is -0.171 e. The van der Waals surface area contributed by atoms with Gasteiger partial charge in [0.05, 0.1) is 6.42 Å². The summed E-state index contributed by atoms with van der Waals surface area (Å²) in [5.74, 6) is 0. The Kier molecular flexibility index (Phi) is 2.49. The van der Waals surface area contributed by atoms with Crippen molar-refractivity contribution >= 4 is 0 Å². The Bertz CT molecular complexity index is 121. The minimum absolute atomic E-state index is 0.00231. The molecule has 0 heterocycles. The van der Waals surface area contributed by atoms with Gasteiger partial charge in [-0.25, -0.2) is 0 Å². The summed E-state index contributed by atoms with van der Waals surface area (Å²) in [6.07, 6.45) is -4.00. The van der Waals surface area contributed by atoms with Crippen molar-refractivity contribution in [1.29, 1.82) is 0 Å². The zero-order chi connectivity index (χ0) is 7.49. The normalized spacial score (nSPS) is 11.0. The first-order valence-electron chi connectivity index (χ1n) is 2.32. The monoisotopic (exact) mass is 136 g/mol. The van der Waals surface area contributed by atoms with Crippen LogP contribution in [-0.2, 0) is 0 Å². The van der Waals surface area contributed by atoms with Crippen molar-refractivity contribution in [2.45, 2.75) is 12.6 Å². The number of hydrogen-bond acceptors (Lipinski definition) is 0. The van der Waals surface area contributed by atoms with Crippen LogP contribution in [0.1, 0.15) is 6.42 Å². The maximum Gasteiger partial charge on any atom is 0.393 e. The zero-order valence-corrected chi connectivity index (χ0v) is 4.83. The lowest BCUT2D eigenvalue weighted by Crippen LogP contribution is -2.06. The van der Waals surface area contributed by atoms with Crippen LogP contribution in [0.3, 0.4) is 0 Å². The van der Waals surface area contributed by atoms with Crippen molar-refractivity contribution in [2.24, 2.45) is 0 Å². The summed E-state index contributed by atoms with van der Waals surface area (Å²) < 4.78 is 34.2. The van der Waals surface area contributed by atoms with E-state index in [4.69, 9.17) is 0 Å². The SMILES string of the molecule is C=CC(=C)CC(F)(F)F. The second-order valence-electron chi connectivity index (χ2n) is 1.65. The average Bonchev–Trinajstić information content (AvgIpc) is 1.62. The molecule has 0 saturated carbocycles. The van der Waals surface area contributed by atoms with E-state index in [1.807, 2.05) is 0 Å². The molecule has 0 aliphatic rings. The molecule has 0 aromatic rings. The fourth-order valence-electron chi connectivity index (χ4n) is 0.330. The zero-order valence-electron chi connectivity index (χ0n) is 4.83. The molecule has 0 aliphatic heterocycles. The number of halogens is 3. The van der Waals surface area contributed by atoms with E-state index in [1.165, 1.54) is 0 Å². The summed E-state index contributed by atoms with van der Waals surface area (Å²) in [7, 11) is 0. The lowest BCUT2D eigenvalue weighted by atomic mass is 10.2. The smallest absolute Gasteiger partial charge is 0.171 e. The molecule has 0 spiro atoms. The molecule has 0 aromatic carbocycles. The molecule has 0 bridgehead atoms. The number of alkyl halides is 3. The highest BCUT2D eigenvalue weighted by atomic mass is 19.4. The maximum absolute atomic E-state index is 11.4. The highest BCUT2D eigenvalue weighted by Gasteiger charge is 2.26. The molecule has 0 rings (SSSR count). The average molecular weight is 136 g/mol. The predicted octanol–water partition coefficient (Wildman–Crippen LogP) is 2.68. The van der Waals surface area contributed by atoms with Crippen molar-refractivity contribution in [2.75, 3.05) is 0 Å². The van der Waals surface area contributed by atoms with E-state index >= 15 is 0 Å². The summed E-state index contributed by atoms with van der Waals surface area (Å²) in [6, 6.07) is 0. The Morgan fingerprint density at radius 3 is 2.00 bits per heavy atom. The fourth-order valence-corrected chi connectivity index (χ4v) is 0.330. The molecule has 0 saturated heterocycles. The van der Waals surface area contributed by atoms with Crippen LogP contribution >= 0.6 is 0 Å². The molecule has 0 atom stereocenters. The van der Waals surface area contributed by atoms with Crippen molar-refractivity contribution in [3.8, 4) is 0 Å². The minimum atomic E-state index is -4.15. The van der Waals surface area contributed by atoms with Crippen LogP contribution < -0.4 is 0 Å². The van der Waals surface area contributed by atoms with Crippen LogP contribution in [0.5, 0.6) is 0 Å². The van der Waals surface area contributed by atoms with E-state index in [-0.39, 0.29) is 5.57 Å². The lowest BCUT2D eigenvalue weighted by molar-refractivity contribution is -0.126. The molecule has 0 aromatic heterocycles. The summed E-state index contributed by atoms with van der Waals surface area (Å²) >= 11 is 0. The number of hydrogen-bond donors (Lipinski definition) is 0. The molecule has 0 aliphatic carbocycles. The first-order valence-corrected chi connectivity index (χ1v) is 2.32. The van der Waals surface area contributed by atoms with Gasteiger partial charge in [-0.1, -0.05) is 19.2 Å². The molecule has 0 fully saturated rings.